The largest absolute Gasteiger partial charge is 0.416 e. The lowest BCUT2D eigenvalue weighted by Crippen LogP contribution is -2.45. The first-order valence-electron chi connectivity index (χ1n) is 11.1. The van der Waals surface area contributed by atoms with Gasteiger partial charge in [-0.1, -0.05) is 72.8 Å². The molecule has 0 saturated carbocycles. The molecule has 1 amide bonds. The predicted octanol–water partition coefficient (Wildman–Crippen LogP) is 5.63. The average Bonchev–Trinajstić information content (AvgIpc) is 2.83. The van der Waals surface area contributed by atoms with Crippen molar-refractivity contribution in [2.24, 2.45) is 5.92 Å². The number of carbonyl (C=O) groups excluding carboxylic acids is 1. The molecule has 0 aliphatic carbocycles. The first-order chi connectivity index (χ1) is 15.9. The maximum Gasteiger partial charge on any atom is 0.416 e. The van der Waals surface area contributed by atoms with Crippen LogP contribution in [-0.2, 0) is 24.1 Å². The monoisotopic (exact) mass is 452 g/mol. The Morgan fingerprint density at radius 2 is 1.55 bits per heavy atom. The van der Waals surface area contributed by atoms with E-state index in [2.05, 4.69) is 34.5 Å². The fraction of sp³-hybridized carbons (Fsp3) is 0.296. The topological polar surface area (TPSA) is 32.3 Å². The van der Waals surface area contributed by atoms with Crippen molar-refractivity contribution >= 4 is 5.91 Å². The predicted molar refractivity (Wildman–Crippen MR) is 122 cm³/mol. The maximum absolute atomic E-state index is 13.1. The molecule has 1 fully saturated rings. The number of alkyl halides is 3. The molecule has 1 N–H and O–H groups in total. The van der Waals surface area contributed by atoms with Gasteiger partial charge in [-0.3, -0.25) is 9.69 Å². The Kier molecular flexibility index (Phi) is 7.14. The summed E-state index contributed by atoms with van der Waals surface area (Å²) in [4.78, 5) is 15.4. The minimum absolute atomic E-state index is 0.0773. The van der Waals surface area contributed by atoms with Crippen LogP contribution in [0.15, 0.2) is 84.9 Å². The van der Waals surface area contributed by atoms with Crippen molar-refractivity contribution in [3.8, 4) is 0 Å². The fourth-order valence-electron chi connectivity index (χ4n) is 4.51. The van der Waals surface area contributed by atoms with E-state index >= 15 is 0 Å². The molecule has 0 aromatic heterocycles. The molecule has 1 heterocycles. The van der Waals surface area contributed by atoms with E-state index in [0.717, 1.165) is 25.2 Å². The molecule has 172 valence electrons. The van der Waals surface area contributed by atoms with E-state index in [1.54, 1.807) is 6.07 Å². The van der Waals surface area contributed by atoms with Crippen LogP contribution in [0.1, 0.15) is 34.6 Å². The molecule has 2 atom stereocenters. The summed E-state index contributed by atoms with van der Waals surface area (Å²) < 4.78 is 39.0. The van der Waals surface area contributed by atoms with Crippen molar-refractivity contribution in [1.29, 1.82) is 0 Å². The number of benzene rings is 3. The SMILES string of the molecule is O=C(NCc1cccc(C(F)(F)F)c1)C1CC(c2ccccc2)CN(Cc2ccccc2)C1. The first kappa shape index (κ1) is 23.1. The third kappa shape index (κ3) is 6.23. The van der Waals surface area contributed by atoms with E-state index in [0.29, 0.717) is 18.5 Å². The number of hydrogen-bond donors (Lipinski definition) is 1. The van der Waals surface area contributed by atoms with Gasteiger partial charge in [0.1, 0.15) is 0 Å². The van der Waals surface area contributed by atoms with Gasteiger partial charge in [-0.2, -0.15) is 13.2 Å². The minimum atomic E-state index is -4.40. The third-order valence-electron chi connectivity index (χ3n) is 6.14. The van der Waals surface area contributed by atoms with Crippen LogP contribution in [-0.4, -0.2) is 23.9 Å². The smallest absolute Gasteiger partial charge is 0.352 e. The van der Waals surface area contributed by atoms with E-state index < -0.39 is 11.7 Å². The van der Waals surface area contributed by atoms with Gasteiger partial charge in [-0.05, 0) is 41.2 Å². The molecule has 33 heavy (non-hydrogen) atoms. The highest BCUT2D eigenvalue weighted by Crippen LogP contribution is 2.32. The third-order valence-corrected chi connectivity index (χ3v) is 6.14. The summed E-state index contributed by atoms with van der Waals surface area (Å²) in [5.74, 6) is -0.141. The van der Waals surface area contributed by atoms with Gasteiger partial charge in [-0.15, -0.1) is 0 Å². The molecule has 1 aliphatic heterocycles. The number of halogens is 3. The van der Waals surface area contributed by atoms with Gasteiger partial charge in [0.05, 0.1) is 11.5 Å². The second-order valence-corrected chi connectivity index (χ2v) is 8.64. The van der Waals surface area contributed by atoms with Crippen LogP contribution in [0.3, 0.4) is 0 Å². The lowest BCUT2D eigenvalue weighted by atomic mass is 9.84. The van der Waals surface area contributed by atoms with Crippen LogP contribution >= 0.6 is 0 Å². The summed E-state index contributed by atoms with van der Waals surface area (Å²) in [6.07, 6.45) is -3.69. The normalized spacial score (nSPS) is 19.2. The molecule has 0 spiro atoms. The van der Waals surface area contributed by atoms with Crippen molar-refractivity contribution in [2.75, 3.05) is 13.1 Å². The lowest BCUT2D eigenvalue weighted by molar-refractivity contribution is -0.137. The highest BCUT2D eigenvalue weighted by molar-refractivity contribution is 5.79. The quantitative estimate of drug-likeness (QED) is 0.526. The molecule has 0 radical (unpaired) electrons. The Labute approximate surface area is 192 Å². The van der Waals surface area contributed by atoms with Crippen LogP contribution in [0.4, 0.5) is 13.2 Å². The Morgan fingerprint density at radius 1 is 0.879 bits per heavy atom. The average molecular weight is 453 g/mol. The van der Waals surface area contributed by atoms with Gasteiger partial charge in [0.15, 0.2) is 0 Å². The molecule has 1 aliphatic rings. The zero-order valence-corrected chi connectivity index (χ0v) is 18.3. The summed E-state index contributed by atoms with van der Waals surface area (Å²) >= 11 is 0. The van der Waals surface area contributed by atoms with Gasteiger partial charge in [0, 0.05) is 26.2 Å². The van der Waals surface area contributed by atoms with E-state index in [9.17, 15) is 18.0 Å². The number of nitrogens with zero attached hydrogens (tertiary/aromatic N) is 1. The van der Waals surface area contributed by atoms with Gasteiger partial charge in [0.25, 0.3) is 0 Å². The summed E-state index contributed by atoms with van der Waals surface area (Å²) in [6, 6.07) is 25.4. The number of nitrogens with one attached hydrogen (secondary N) is 1. The summed E-state index contributed by atoms with van der Waals surface area (Å²) in [5.41, 5.74) is 2.13. The molecule has 1 saturated heterocycles. The fourth-order valence-corrected chi connectivity index (χ4v) is 4.51. The van der Waals surface area contributed by atoms with Crippen LogP contribution in [0, 0.1) is 5.92 Å². The van der Waals surface area contributed by atoms with Crippen LogP contribution in [0.2, 0.25) is 0 Å². The molecular weight excluding hydrogens is 425 g/mol. The van der Waals surface area contributed by atoms with Crippen molar-refractivity contribution < 1.29 is 18.0 Å². The summed E-state index contributed by atoms with van der Waals surface area (Å²) in [5, 5.41) is 2.87. The van der Waals surface area contributed by atoms with Crippen molar-refractivity contribution in [3.63, 3.8) is 0 Å². The van der Waals surface area contributed by atoms with Crippen molar-refractivity contribution in [3.05, 3.63) is 107 Å². The number of hydrogen-bond acceptors (Lipinski definition) is 2. The molecule has 3 nitrogen and oxygen atoms in total. The van der Waals surface area contributed by atoms with Gasteiger partial charge in [0.2, 0.25) is 5.91 Å². The molecule has 3 aromatic rings. The second kappa shape index (κ2) is 10.2. The molecule has 6 heteroatoms. The van der Waals surface area contributed by atoms with Crippen molar-refractivity contribution in [1.82, 2.24) is 10.2 Å². The first-order valence-corrected chi connectivity index (χ1v) is 11.1. The molecular formula is C27H27F3N2O. The Balaban J connectivity index is 1.45. The van der Waals surface area contributed by atoms with E-state index in [1.165, 1.54) is 17.2 Å². The molecule has 0 bridgehead atoms. The van der Waals surface area contributed by atoms with Gasteiger partial charge >= 0.3 is 6.18 Å². The summed E-state index contributed by atoms with van der Waals surface area (Å²) in [6.45, 7) is 2.30. The second-order valence-electron chi connectivity index (χ2n) is 8.64. The molecule has 4 rings (SSSR count). The van der Waals surface area contributed by atoms with Crippen LogP contribution in [0.25, 0.3) is 0 Å². The Morgan fingerprint density at radius 3 is 2.24 bits per heavy atom. The summed E-state index contributed by atoms with van der Waals surface area (Å²) in [7, 11) is 0. The number of amides is 1. The van der Waals surface area contributed by atoms with Crippen LogP contribution in [0.5, 0.6) is 0 Å². The zero-order chi connectivity index (χ0) is 23.3. The van der Waals surface area contributed by atoms with Gasteiger partial charge < -0.3 is 5.32 Å². The van der Waals surface area contributed by atoms with E-state index in [4.69, 9.17) is 0 Å². The maximum atomic E-state index is 13.1. The van der Waals surface area contributed by atoms with E-state index in [-0.39, 0.29) is 24.3 Å². The Hall–Kier alpha value is -3.12. The highest BCUT2D eigenvalue weighted by Gasteiger charge is 2.33. The molecule has 3 aromatic carbocycles. The number of piperidine rings is 1. The number of carbonyl (C=O) groups is 1. The lowest BCUT2D eigenvalue weighted by Gasteiger charge is -2.37. The number of likely N-dealkylation sites (tertiary alicyclic amines) is 1. The number of rotatable bonds is 6. The van der Waals surface area contributed by atoms with Crippen molar-refractivity contribution in [2.45, 2.75) is 31.6 Å². The van der Waals surface area contributed by atoms with Crippen LogP contribution < -0.4 is 5.32 Å². The standard InChI is InChI=1S/C27H27F3N2O/c28-27(29,30)25-13-7-10-21(14-25)16-31-26(33)24-15-23(22-11-5-2-6-12-22)18-32(19-24)17-20-8-3-1-4-9-20/h1-14,23-24H,15-19H2,(H,31,33). The minimum Gasteiger partial charge on any atom is -0.352 e. The molecule has 2 unspecified atom stereocenters. The van der Waals surface area contributed by atoms with Gasteiger partial charge in [-0.25, -0.2) is 0 Å². The zero-order valence-electron chi connectivity index (χ0n) is 18.3. The Bertz CT molecular complexity index is 1050. The highest BCUT2D eigenvalue weighted by atomic mass is 19.4. The van der Waals surface area contributed by atoms with E-state index in [1.807, 2.05) is 36.4 Å².